The van der Waals surface area contributed by atoms with E-state index in [1.807, 2.05) is 42.5 Å². The molecule has 3 N–H and O–H groups in total. The van der Waals surface area contributed by atoms with Gasteiger partial charge < -0.3 is 5.11 Å². The molecule has 0 atom stereocenters. The average molecular weight is 346 g/mol. The lowest BCUT2D eigenvalue weighted by molar-refractivity contribution is -0.341. The van der Waals surface area contributed by atoms with Crippen LogP contribution in [0.1, 0.15) is 4.88 Å². The number of carboxylic acids is 1. The molecule has 3 aromatic rings. The minimum Gasteiger partial charge on any atom is -0.481 e. The molecule has 116 valence electrons. The number of rotatable bonds is 5. The van der Waals surface area contributed by atoms with Gasteiger partial charge in [0.15, 0.2) is 0 Å². The molecular weight excluding hydrogens is 332 g/mol. The Kier molecular flexibility index (Phi) is 4.60. The molecule has 0 radical (unpaired) electrons. The maximum atomic E-state index is 11.1. The third kappa shape index (κ3) is 3.88. The first-order valence-electron chi connectivity index (χ1n) is 6.96. The van der Waals surface area contributed by atoms with Crippen molar-refractivity contribution in [1.82, 2.24) is 0 Å². The van der Waals surface area contributed by atoms with Crippen LogP contribution in [0, 0.1) is 0 Å². The number of aromatic nitrogens is 1. The van der Waals surface area contributed by atoms with E-state index in [9.17, 15) is 4.79 Å². The van der Waals surface area contributed by atoms with Crippen LogP contribution in [-0.4, -0.2) is 11.1 Å². The van der Waals surface area contributed by atoms with Gasteiger partial charge in [0.05, 0.1) is 11.3 Å². The van der Waals surface area contributed by atoms with Crippen molar-refractivity contribution < 1.29 is 14.9 Å². The SMILES string of the molecule is O=C(O)Cc1sc(Nc2ccc(Cl)cc2)[nH+]c1-c1ccccc1. The summed E-state index contributed by atoms with van der Waals surface area (Å²) >= 11 is 7.28. The summed E-state index contributed by atoms with van der Waals surface area (Å²) in [6, 6.07) is 17.0. The monoisotopic (exact) mass is 345 g/mol. The quantitative estimate of drug-likeness (QED) is 0.726. The van der Waals surface area contributed by atoms with Crippen molar-refractivity contribution in [2.24, 2.45) is 0 Å². The van der Waals surface area contributed by atoms with E-state index in [0.29, 0.717) is 5.02 Å². The number of carboxylic acid groups (broad SMARTS) is 1. The molecule has 2 aromatic carbocycles. The van der Waals surface area contributed by atoms with E-state index < -0.39 is 5.97 Å². The van der Waals surface area contributed by atoms with Gasteiger partial charge >= 0.3 is 11.1 Å². The number of hydrogen-bond donors (Lipinski definition) is 2. The summed E-state index contributed by atoms with van der Waals surface area (Å²) in [4.78, 5) is 15.2. The van der Waals surface area contributed by atoms with E-state index in [4.69, 9.17) is 16.7 Å². The number of anilines is 2. The maximum absolute atomic E-state index is 11.1. The van der Waals surface area contributed by atoms with E-state index in [1.54, 1.807) is 12.1 Å². The van der Waals surface area contributed by atoms with Crippen LogP contribution < -0.4 is 10.3 Å². The van der Waals surface area contributed by atoms with Gasteiger partial charge in [0.1, 0.15) is 11.4 Å². The number of aliphatic carboxylic acids is 1. The average Bonchev–Trinajstić information content (AvgIpc) is 2.92. The van der Waals surface area contributed by atoms with Crippen molar-refractivity contribution >= 4 is 39.7 Å². The standard InChI is InChI=1S/C17H13ClN2O2S/c18-12-6-8-13(9-7-12)19-17-20-16(11-4-2-1-3-5-11)14(23-17)10-15(21)22/h1-9H,10H2,(H,19,20)(H,21,22)/p+1. The van der Waals surface area contributed by atoms with Gasteiger partial charge in [-0.05, 0) is 24.3 Å². The lowest BCUT2D eigenvalue weighted by Gasteiger charge is -1.97. The molecule has 0 aliphatic carbocycles. The van der Waals surface area contributed by atoms with Gasteiger partial charge in [-0.15, -0.1) is 0 Å². The molecule has 0 saturated carbocycles. The van der Waals surface area contributed by atoms with E-state index in [0.717, 1.165) is 27.0 Å². The summed E-state index contributed by atoms with van der Waals surface area (Å²) in [5.41, 5.74) is 2.67. The fourth-order valence-electron chi connectivity index (χ4n) is 2.20. The predicted octanol–water partition coefficient (Wildman–Crippen LogP) is 4.25. The zero-order valence-electron chi connectivity index (χ0n) is 12.0. The van der Waals surface area contributed by atoms with Gasteiger partial charge in [0.25, 0.3) is 0 Å². The van der Waals surface area contributed by atoms with Crippen LogP contribution in [0.15, 0.2) is 54.6 Å². The van der Waals surface area contributed by atoms with Crippen molar-refractivity contribution in [1.29, 1.82) is 0 Å². The van der Waals surface area contributed by atoms with Crippen LogP contribution in [0.3, 0.4) is 0 Å². The van der Waals surface area contributed by atoms with Crippen molar-refractivity contribution in [2.75, 3.05) is 5.32 Å². The lowest BCUT2D eigenvalue weighted by Crippen LogP contribution is -2.09. The van der Waals surface area contributed by atoms with Gasteiger partial charge in [0, 0.05) is 10.6 Å². The van der Waals surface area contributed by atoms with Gasteiger partial charge in [-0.1, -0.05) is 53.3 Å². The molecule has 0 fully saturated rings. The van der Waals surface area contributed by atoms with Crippen LogP contribution in [0.25, 0.3) is 11.3 Å². The summed E-state index contributed by atoms with van der Waals surface area (Å²) in [6.07, 6.45) is -0.0201. The minimum atomic E-state index is -0.851. The molecule has 0 aliphatic rings. The summed E-state index contributed by atoms with van der Waals surface area (Å²) in [5, 5.41) is 13.8. The number of nitrogens with one attached hydrogen (secondary N) is 2. The smallest absolute Gasteiger partial charge is 0.337 e. The van der Waals surface area contributed by atoms with Crippen molar-refractivity contribution in [3.05, 3.63) is 64.5 Å². The zero-order chi connectivity index (χ0) is 16.2. The molecule has 3 rings (SSSR count). The predicted molar refractivity (Wildman–Crippen MR) is 92.4 cm³/mol. The Morgan fingerprint density at radius 2 is 1.83 bits per heavy atom. The minimum absolute atomic E-state index is 0.0201. The summed E-state index contributed by atoms with van der Waals surface area (Å²) < 4.78 is 0. The van der Waals surface area contributed by atoms with E-state index in [1.165, 1.54) is 11.3 Å². The third-order valence-electron chi connectivity index (χ3n) is 3.22. The van der Waals surface area contributed by atoms with Crippen LogP contribution in [0.4, 0.5) is 10.8 Å². The second-order valence-corrected chi connectivity index (χ2v) is 6.46. The number of halogens is 1. The van der Waals surface area contributed by atoms with E-state index in [2.05, 4.69) is 10.3 Å². The van der Waals surface area contributed by atoms with Crippen molar-refractivity contribution in [2.45, 2.75) is 6.42 Å². The second kappa shape index (κ2) is 6.81. The zero-order valence-corrected chi connectivity index (χ0v) is 13.6. The van der Waals surface area contributed by atoms with Crippen molar-refractivity contribution in [3.63, 3.8) is 0 Å². The number of thiazole rings is 1. The van der Waals surface area contributed by atoms with E-state index in [-0.39, 0.29) is 6.42 Å². The number of carbonyl (C=O) groups is 1. The normalized spacial score (nSPS) is 10.5. The topological polar surface area (TPSA) is 63.5 Å². The molecular formula is C17H14ClN2O2S+. The molecule has 0 spiro atoms. The van der Waals surface area contributed by atoms with Crippen LogP contribution in [0.5, 0.6) is 0 Å². The first kappa shape index (κ1) is 15.5. The third-order valence-corrected chi connectivity index (χ3v) is 4.47. The highest BCUT2D eigenvalue weighted by Gasteiger charge is 2.20. The first-order valence-corrected chi connectivity index (χ1v) is 8.16. The Labute approximate surface area is 142 Å². The first-order chi connectivity index (χ1) is 11.1. The molecule has 0 amide bonds. The molecule has 0 aliphatic heterocycles. The fraction of sp³-hybridized carbons (Fsp3) is 0.0588. The summed E-state index contributed by atoms with van der Waals surface area (Å²) in [7, 11) is 0. The summed E-state index contributed by atoms with van der Waals surface area (Å²) in [5.74, 6) is -0.851. The fourth-order valence-corrected chi connectivity index (χ4v) is 3.36. The number of H-pyrrole nitrogens is 1. The molecule has 6 heteroatoms. The van der Waals surface area contributed by atoms with Gasteiger partial charge in [-0.2, -0.15) is 0 Å². The second-order valence-electron chi connectivity index (χ2n) is 4.92. The van der Waals surface area contributed by atoms with E-state index >= 15 is 0 Å². The highest BCUT2D eigenvalue weighted by Crippen LogP contribution is 2.29. The highest BCUT2D eigenvalue weighted by molar-refractivity contribution is 7.15. The molecule has 0 unspecified atom stereocenters. The Balaban J connectivity index is 1.94. The van der Waals surface area contributed by atoms with Gasteiger partial charge in [0.2, 0.25) is 0 Å². The number of hydrogen-bond acceptors (Lipinski definition) is 3. The molecule has 0 saturated heterocycles. The molecule has 1 aromatic heterocycles. The molecule has 23 heavy (non-hydrogen) atoms. The maximum Gasteiger partial charge on any atom is 0.337 e. The summed E-state index contributed by atoms with van der Waals surface area (Å²) in [6.45, 7) is 0. The Morgan fingerprint density at radius 3 is 2.48 bits per heavy atom. The Hall–Kier alpha value is -2.37. The van der Waals surface area contributed by atoms with Gasteiger partial charge in [-0.25, -0.2) is 10.3 Å². The largest absolute Gasteiger partial charge is 0.481 e. The molecule has 0 bridgehead atoms. The van der Waals surface area contributed by atoms with Gasteiger partial charge in [-0.3, -0.25) is 4.79 Å². The number of benzene rings is 2. The van der Waals surface area contributed by atoms with Crippen LogP contribution in [-0.2, 0) is 11.2 Å². The molecule has 1 heterocycles. The van der Waals surface area contributed by atoms with Crippen LogP contribution in [0.2, 0.25) is 5.02 Å². The highest BCUT2D eigenvalue weighted by atomic mass is 35.5. The Morgan fingerprint density at radius 1 is 1.13 bits per heavy atom. The molecule has 4 nitrogen and oxygen atoms in total. The van der Waals surface area contributed by atoms with Crippen molar-refractivity contribution in [3.8, 4) is 11.3 Å². The lowest BCUT2D eigenvalue weighted by atomic mass is 10.1. The van der Waals surface area contributed by atoms with Crippen LogP contribution >= 0.6 is 22.9 Å². The Bertz CT molecular complexity index is 816. The number of aromatic amines is 1.